The Bertz CT molecular complexity index is 1390. The fourth-order valence-corrected chi connectivity index (χ4v) is 6.45. The molecule has 4 rings (SSSR count). The first-order chi connectivity index (χ1) is 18.7. The molecule has 1 unspecified atom stereocenters. The maximum absolute atomic E-state index is 13.0. The van der Waals surface area contributed by atoms with E-state index in [9.17, 15) is 18.0 Å². The third-order valence-corrected chi connectivity index (χ3v) is 8.68. The molecule has 0 aliphatic heterocycles. The molecule has 1 atom stereocenters. The molecular weight excluding hydrogens is 572 g/mol. The summed E-state index contributed by atoms with van der Waals surface area (Å²) in [4.78, 5) is 19.5. The molecule has 0 aliphatic carbocycles. The fourth-order valence-electron chi connectivity index (χ4n) is 4.07. The number of carbonyl (C=O) groups is 1. The summed E-state index contributed by atoms with van der Waals surface area (Å²) in [5.74, 6) is -0.0798. The molecule has 0 saturated carbocycles. The molecule has 39 heavy (non-hydrogen) atoms. The van der Waals surface area contributed by atoms with Gasteiger partial charge in [0.1, 0.15) is 0 Å². The normalized spacial score (nSPS) is 12.2. The molecule has 5 nitrogen and oxygen atoms in total. The second-order valence-electron chi connectivity index (χ2n) is 8.96. The van der Waals surface area contributed by atoms with Crippen molar-refractivity contribution < 1.29 is 27.4 Å². The number of carbonyl (C=O) groups excluding carboxylic acids is 1. The Kier molecular flexibility index (Phi) is 9.15. The zero-order chi connectivity index (χ0) is 28.0. The van der Waals surface area contributed by atoms with Gasteiger partial charge in [-0.05, 0) is 0 Å². The van der Waals surface area contributed by atoms with Crippen molar-refractivity contribution in [3.63, 3.8) is 0 Å². The first kappa shape index (κ1) is 28.5. The Morgan fingerprint density at radius 3 is 2.31 bits per heavy atom. The Hall–Kier alpha value is -3.55. The number of ether oxygens (including phenoxy) is 2. The molecule has 0 radical (unpaired) electrons. The van der Waals surface area contributed by atoms with Crippen LogP contribution in [-0.4, -0.2) is 45.7 Å². The summed E-state index contributed by atoms with van der Waals surface area (Å²) in [5.41, 5.74) is 2.58. The molecule has 0 spiro atoms. The van der Waals surface area contributed by atoms with E-state index in [2.05, 4.69) is 0 Å². The third-order valence-electron chi connectivity index (χ3n) is 6.16. The topological polar surface area (TPSA) is 51.7 Å². The van der Waals surface area contributed by atoms with Crippen molar-refractivity contribution in [3.8, 4) is 15.8 Å². The van der Waals surface area contributed by atoms with Crippen molar-refractivity contribution in [1.82, 2.24) is 4.98 Å². The number of aromatic nitrogens is 1. The van der Waals surface area contributed by atoms with E-state index in [0.29, 0.717) is 24.4 Å². The number of aryl methyl sites for hydroxylation is 1. The number of nitrogens with zero attached hydrogens (tertiary/aromatic N) is 2. The monoisotopic (exact) mass is 602 g/mol. The number of halogens is 3. The van der Waals surface area contributed by atoms with Gasteiger partial charge >= 0.3 is 232 Å². The van der Waals surface area contributed by atoms with Gasteiger partial charge in [-0.1, -0.05) is 0 Å². The number of hydrogen-bond donors (Lipinski definition) is 0. The van der Waals surface area contributed by atoms with Crippen molar-refractivity contribution in [2.45, 2.75) is 32.5 Å². The molecule has 3 aromatic carbocycles. The molecule has 204 valence electrons. The van der Waals surface area contributed by atoms with Gasteiger partial charge in [-0.2, -0.15) is 0 Å². The van der Waals surface area contributed by atoms with Crippen molar-refractivity contribution >= 4 is 25.2 Å². The van der Waals surface area contributed by atoms with Crippen LogP contribution in [0.25, 0.3) is 10.0 Å². The van der Waals surface area contributed by atoms with Crippen LogP contribution < -0.4 is 9.64 Å². The molecule has 0 bridgehead atoms. The van der Waals surface area contributed by atoms with Crippen molar-refractivity contribution in [3.05, 3.63) is 101 Å². The second-order valence-corrected chi connectivity index (χ2v) is 11.0. The van der Waals surface area contributed by atoms with Crippen LogP contribution in [0.1, 0.15) is 46.6 Å². The molecule has 9 heteroatoms. The number of esters is 1. The first-order valence-corrected chi connectivity index (χ1v) is 14.2. The van der Waals surface area contributed by atoms with Gasteiger partial charge in [0.15, 0.2) is 0 Å². The molecule has 0 saturated heterocycles. The number of benzene rings is 3. The van der Waals surface area contributed by atoms with Crippen LogP contribution >= 0.6 is 0 Å². The molecular formula is C30H29F3N2O3Se. The van der Waals surface area contributed by atoms with E-state index in [-0.39, 0.29) is 21.1 Å². The summed E-state index contributed by atoms with van der Waals surface area (Å²) in [5, 5.41) is 0. The molecule has 4 aromatic rings. The van der Waals surface area contributed by atoms with Crippen molar-refractivity contribution in [2.75, 3.05) is 25.1 Å². The Balaban J connectivity index is 1.56. The summed E-state index contributed by atoms with van der Waals surface area (Å²) < 4.78 is 52.1. The predicted molar refractivity (Wildman–Crippen MR) is 146 cm³/mol. The van der Waals surface area contributed by atoms with E-state index < -0.39 is 23.8 Å². The summed E-state index contributed by atoms with van der Waals surface area (Å²) in [7, 11) is 1.92. The van der Waals surface area contributed by atoms with Gasteiger partial charge < -0.3 is 0 Å². The Morgan fingerprint density at radius 2 is 1.67 bits per heavy atom. The maximum atomic E-state index is 13.0. The average Bonchev–Trinajstić information content (AvgIpc) is 3.37. The second kappa shape index (κ2) is 12.5. The first-order valence-electron chi connectivity index (χ1n) is 12.5. The number of anilines is 1. The minimum atomic E-state index is -4.41. The van der Waals surface area contributed by atoms with E-state index in [4.69, 9.17) is 14.5 Å². The van der Waals surface area contributed by atoms with Crippen LogP contribution in [0, 0.1) is 6.92 Å². The Labute approximate surface area is 232 Å². The van der Waals surface area contributed by atoms with Gasteiger partial charge in [0.2, 0.25) is 0 Å². The SMILES string of the molecule is CCOC(=O)c1nc(N(C)CCC(Oc2ccc(C(F)(F)F)cc2)c2ccccc2)[se]c1-c1ccccc1C. The van der Waals surface area contributed by atoms with Gasteiger partial charge in [0, 0.05) is 0 Å². The van der Waals surface area contributed by atoms with Crippen molar-refractivity contribution in [2.24, 2.45) is 0 Å². The summed E-state index contributed by atoms with van der Waals surface area (Å²) in [6, 6.07) is 22.2. The number of alkyl halides is 3. The zero-order valence-corrected chi connectivity index (χ0v) is 23.6. The van der Waals surface area contributed by atoms with Crippen LogP contribution in [0.5, 0.6) is 5.75 Å². The third kappa shape index (κ3) is 7.11. The number of rotatable bonds is 10. The molecule has 1 aromatic heterocycles. The van der Waals surface area contributed by atoms with Crippen molar-refractivity contribution in [1.29, 1.82) is 0 Å². The molecule has 0 fully saturated rings. The average molecular weight is 602 g/mol. The Morgan fingerprint density at radius 1 is 1.00 bits per heavy atom. The van der Waals surface area contributed by atoms with Crippen LogP contribution in [0.15, 0.2) is 78.9 Å². The quantitative estimate of drug-likeness (QED) is 0.145. The predicted octanol–water partition coefficient (Wildman–Crippen LogP) is 6.96. The molecule has 0 aliphatic rings. The van der Waals surface area contributed by atoms with E-state index in [1.54, 1.807) is 6.92 Å². The van der Waals surface area contributed by atoms with Crippen LogP contribution in [0.2, 0.25) is 0 Å². The van der Waals surface area contributed by atoms with Crippen LogP contribution in [0.3, 0.4) is 0 Å². The van der Waals surface area contributed by atoms with Gasteiger partial charge in [0.25, 0.3) is 0 Å². The fraction of sp³-hybridized carbons (Fsp3) is 0.267. The molecule has 1 heterocycles. The summed E-state index contributed by atoms with van der Waals surface area (Å²) in [6.07, 6.45) is -4.25. The zero-order valence-electron chi connectivity index (χ0n) is 21.9. The van der Waals surface area contributed by atoms with Gasteiger partial charge in [0.05, 0.1) is 0 Å². The van der Waals surface area contributed by atoms with E-state index in [0.717, 1.165) is 38.0 Å². The van der Waals surface area contributed by atoms with E-state index >= 15 is 0 Å². The molecule has 0 amide bonds. The standard InChI is InChI=1S/C30H29F3N2O3Se/c1-4-37-28(36)26-27(24-13-9-8-10-20(24)2)39-29(34-26)35(3)19-18-25(21-11-6-5-7-12-21)38-23-16-14-22(15-17-23)30(31,32)33/h5-17,25H,4,18-19H2,1-3H3. The molecule has 0 N–H and O–H groups in total. The van der Waals surface area contributed by atoms with Crippen LogP contribution in [0.4, 0.5) is 17.9 Å². The van der Waals surface area contributed by atoms with Gasteiger partial charge in [-0.15, -0.1) is 0 Å². The van der Waals surface area contributed by atoms with Gasteiger partial charge in [-0.25, -0.2) is 0 Å². The summed E-state index contributed by atoms with van der Waals surface area (Å²) >= 11 is -0.223. The van der Waals surface area contributed by atoms with Crippen LogP contribution in [-0.2, 0) is 10.9 Å². The minimum absolute atomic E-state index is 0.223. The summed E-state index contributed by atoms with van der Waals surface area (Å²) in [6.45, 7) is 4.59. The van der Waals surface area contributed by atoms with E-state index in [1.807, 2.05) is 73.5 Å². The number of hydrogen-bond acceptors (Lipinski definition) is 5. The van der Waals surface area contributed by atoms with Gasteiger partial charge in [-0.3, -0.25) is 0 Å². The van der Waals surface area contributed by atoms with E-state index in [1.165, 1.54) is 12.1 Å².